The van der Waals surface area contributed by atoms with E-state index in [0.29, 0.717) is 5.69 Å². The lowest BCUT2D eigenvalue weighted by atomic mass is 10.1. The van der Waals surface area contributed by atoms with Gasteiger partial charge in [0.2, 0.25) is 0 Å². The van der Waals surface area contributed by atoms with Crippen LogP contribution < -0.4 is 10.2 Å². The summed E-state index contributed by atoms with van der Waals surface area (Å²) in [7, 11) is 0. The van der Waals surface area contributed by atoms with Crippen LogP contribution in [0.25, 0.3) is 11.8 Å². The van der Waals surface area contributed by atoms with Gasteiger partial charge >= 0.3 is 5.97 Å². The molecule has 0 atom stereocenters. The molecular formula is C25H20BrN3O4S. The maximum Gasteiger partial charge on any atom is 0.335 e. The molecule has 3 aromatic rings. The lowest BCUT2D eigenvalue weighted by molar-refractivity contribution is -0.122. The van der Waals surface area contributed by atoms with Crippen molar-refractivity contribution in [2.45, 2.75) is 20.8 Å². The van der Waals surface area contributed by atoms with Crippen molar-refractivity contribution in [3.8, 4) is 5.69 Å². The first-order valence-electron chi connectivity index (χ1n) is 10.3. The standard InChI is InChI=1S/C25H20BrN3O4S/c1-13-10-19(8-9-21(13)26)28-14(2)11-17(15(28)3)12-20-22(30)27-25(34)29(23(20)31)18-6-4-16(5-7-18)24(32)33/h4-12H,1-3H3,(H,32,33)(H,27,30,34)/b20-12+. The lowest BCUT2D eigenvalue weighted by Crippen LogP contribution is -2.54. The molecule has 0 bridgehead atoms. The number of aromatic nitrogens is 1. The molecule has 0 saturated carbocycles. The summed E-state index contributed by atoms with van der Waals surface area (Å²) in [5.74, 6) is -2.25. The Hall–Kier alpha value is -3.56. The van der Waals surface area contributed by atoms with E-state index in [-0.39, 0.29) is 16.2 Å². The van der Waals surface area contributed by atoms with Crippen LogP contribution in [0.15, 0.2) is 58.6 Å². The molecule has 2 amide bonds. The Balaban J connectivity index is 1.74. The number of thiocarbonyl (C=S) groups is 1. The SMILES string of the molecule is Cc1cc(-n2c(C)cc(/C=C3\C(=O)NC(=S)N(c4ccc(C(=O)O)cc4)C3=O)c2C)ccc1Br. The predicted octanol–water partition coefficient (Wildman–Crippen LogP) is 4.69. The molecular weight excluding hydrogens is 518 g/mol. The van der Waals surface area contributed by atoms with Crippen molar-refractivity contribution >= 4 is 62.8 Å². The van der Waals surface area contributed by atoms with Gasteiger partial charge in [-0.1, -0.05) is 15.9 Å². The van der Waals surface area contributed by atoms with E-state index in [0.717, 1.165) is 32.7 Å². The zero-order valence-electron chi connectivity index (χ0n) is 18.5. The second kappa shape index (κ2) is 9.00. The Morgan fingerprint density at radius 1 is 1.03 bits per heavy atom. The van der Waals surface area contributed by atoms with Crippen LogP contribution in [0.5, 0.6) is 0 Å². The number of benzene rings is 2. The third-order valence-corrected chi connectivity index (χ3v) is 6.82. The molecule has 2 heterocycles. The molecule has 4 rings (SSSR count). The zero-order chi connectivity index (χ0) is 24.7. The number of aryl methyl sites for hydroxylation is 2. The number of carboxylic acids is 1. The number of rotatable bonds is 4. The van der Waals surface area contributed by atoms with Crippen molar-refractivity contribution in [3.63, 3.8) is 0 Å². The molecule has 9 heteroatoms. The maximum atomic E-state index is 13.3. The Morgan fingerprint density at radius 3 is 2.29 bits per heavy atom. The Morgan fingerprint density at radius 2 is 1.68 bits per heavy atom. The number of nitrogens with one attached hydrogen (secondary N) is 1. The minimum absolute atomic E-state index is 0.0639. The minimum Gasteiger partial charge on any atom is -0.478 e. The average Bonchev–Trinajstić information content (AvgIpc) is 3.06. The van der Waals surface area contributed by atoms with Crippen molar-refractivity contribution in [3.05, 3.63) is 86.7 Å². The van der Waals surface area contributed by atoms with E-state index in [1.165, 1.54) is 29.2 Å². The molecule has 1 aromatic heterocycles. The highest BCUT2D eigenvalue weighted by Gasteiger charge is 2.34. The van der Waals surface area contributed by atoms with E-state index in [1.807, 2.05) is 39.0 Å². The molecule has 172 valence electrons. The number of anilines is 1. The predicted molar refractivity (Wildman–Crippen MR) is 137 cm³/mol. The number of carboxylic acid groups (broad SMARTS) is 1. The van der Waals surface area contributed by atoms with Gasteiger partial charge in [-0.3, -0.25) is 19.8 Å². The van der Waals surface area contributed by atoms with Gasteiger partial charge in [0.05, 0.1) is 11.3 Å². The monoisotopic (exact) mass is 537 g/mol. The van der Waals surface area contributed by atoms with Crippen LogP contribution in [0.4, 0.5) is 5.69 Å². The summed E-state index contributed by atoms with van der Waals surface area (Å²) in [5.41, 5.74) is 4.99. The molecule has 0 spiro atoms. The van der Waals surface area contributed by atoms with Gasteiger partial charge in [0.25, 0.3) is 11.8 Å². The number of carbonyl (C=O) groups excluding carboxylic acids is 2. The summed E-state index contributed by atoms with van der Waals surface area (Å²) in [6.07, 6.45) is 1.56. The van der Waals surface area contributed by atoms with Crippen molar-refractivity contribution in [2.75, 3.05) is 4.90 Å². The summed E-state index contributed by atoms with van der Waals surface area (Å²) in [5, 5.41) is 11.6. The van der Waals surface area contributed by atoms with Crippen LogP contribution in [0.3, 0.4) is 0 Å². The highest BCUT2D eigenvalue weighted by molar-refractivity contribution is 9.10. The van der Waals surface area contributed by atoms with Gasteiger partial charge in [-0.15, -0.1) is 0 Å². The molecule has 0 aliphatic carbocycles. The highest BCUT2D eigenvalue weighted by atomic mass is 79.9. The van der Waals surface area contributed by atoms with Crippen LogP contribution in [0, 0.1) is 20.8 Å². The summed E-state index contributed by atoms with van der Waals surface area (Å²) in [6.45, 7) is 5.89. The number of amides is 2. The van der Waals surface area contributed by atoms with Gasteiger partial charge in [0, 0.05) is 21.5 Å². The quantitative estimate of drug-likeness (QED) is 0.286. The molecule has 2 aromatic carbocycles. The first-order chi connectivity index (χ1) is 16.1. The lowest BCUT2D eigenvalue weighted by Gasteiger charge is -2.29. The zero-order valence-corrected chi connectivity index (χ0v) is 21.0. The second-order valence-electron chi connectivity index (χ2n) is 7.91. The highest BCUT2D eigenvalue weighted by Crippen LogP contribution is 2.28. The molecule has 1 saturated heterocycles. The molecule has 1 aliphatic heterocycles. The van der Waals surface area contributed by atoms with Crippen molar-refractivity contribution < 1.29 is 19.5 Å². The molecule has 2 N–H and O–H groups in total. The summed E-state index contributed by atoms with van der Waals surface area (Å²) < 4.78 is 3.07. The largest absolute Gasteiger partial charge is 0.478 e. The topological polar surface area (TPSA) is 91.6 Å². The van der Waals surface area contributed by atoms with Gasteiger partial charge in [0.15, 0.2) is 5.11 Å². The fraction of sp³-hybridized carbons (Fsp3) is 0.120. The number of halogens is 1. The van der Waals surface area contributed by atoms with Crippen molar-refractivity contribution in [2.24, 2.45) is 0 Å². The van der Waals surface area contributed by atoms with Gasteiger partial charge in [0.1, 0.15) is 5.57 Å². The van der Waals surface area contributed by atoms with Gasteiger partial charge in [-0.25, -0.2) is 4.79 Å². The normalized spacial score (nSPS) is 15.1. The van der Waals surface area contributed by atoms with Crippen LogP contribution in [-0.2, 0) is 9.59 Å². The number of nitrogens with zero attached hydrogens (tertiary/aromatic N) is 2. The Kier molecular flexibility index (Phi) is 6.24. The van der Waals surface area contributed by atoms with E-state index in [1.54, 1.807) is 6.08 Å². The summed E-state index contributed by atoms with van der Waals surface area (Å²) >= 11 is 8.74. The first kappa shape index (κ1) is 23.6. The third kappa shape index (κ3) is 4.20. The summed E-state index contributed by atoms with van der Waals surface area (Å²) in [6, 6.07) is 13.7. The third-order valence-electron chi connectivity index (χ3n) is 5.64. The first-order valence-corrected chi connectivity index (χ1v) is 11.5. The van der Waals surface area contributed by atoms with E-state index >= 15 is 0 Å². The van der Waals surface area contributed by atoms with Crippen molar-refractivity contribution in [1.82, 2.24) is 9.88 Å². The average molecular weight is 538 g/mol. The number of hydrogen-bond donors (Lipinski definition) is 2. The summed E-state index contributed by atoms with van der Waals surface area (Å²) in [4.78, 5) is 38.3. The smallest absolute Gasteiger partial charge is 0.335 e. The number of carbonyl (C=O) groups is 3. The number of hydrogen-bond acceptors (Lipinski definition) is 4. The van der Waals surface area contributed by atoms with Crippen LogP contribution in [0.2, 0.25) is 0 Å². The van der Waals surface area contributed by atoms with Crippen LogP contribution in [-0.4, -0.2) is 32.6 Å². The maximum absolute atomic E-state index is 13.3. The Labute approximate surface area is 209 Å². The van der Waals surface area contributed by atoms with Gasteiger partial charge in [-0.05, 0) is 98.7 Å². The van der Waals surface area contributed by atoms with Crippen LogP contribution >= 0.6 is 28.1 Å². The van der Waals surface area contributed by atoms with E-state index < -0.39 is 17.8 Å². The molecule has 1 fully saturated rings. The molecule has 1 aliphatic rings. The van der Waals surface area contributed by atoms with E-state index in [9.17, 15) is 14.4 Å². The molecule has 34 heavy (non-hydrogen) atoms. The van der Waals surface area contributed by atoms with Gasteiger partial charge in [-0.2, -0.15) is 0 Å². The Bertz CT molecular complexity index is 1410. The van der Waals surface area contributed by atoms with Crippen LogP contribution in [0.1, 0.15) is 32.9 Å². The number of aromatic carboxylic acids is 1. The fourth-order valence-electron chi connectivity index (χ4n) is 3.90. The van der Waals surface area contributed by atoms with Crippen molar-refractivity contribution in [1.29, 1.82) is 0 Å². The fourth-order valence-corrected chi connectivity index (χ4v) is 4.43. The second-order valence-corrected chi connectivity index (χ2v) is 9.15. The van der Waals surface area contributed by atoms with E-state index in [4.69, 9.17) is 17.3 Å². The minimum atomic E-state index is -1.08. The van der Waals surface area contributed by atoms with E-state index in [2.05, 4.69) is 31.9 Å². The molecule has 7 nitrogen and oxygen atoms in total. The molecule has 0 radical (unpaired) electrons. The molecule has 0 unspecified atom stereocenters. The van der Waals surface area contributed by atoms with Gasteiger partial charge < -0.3 is 9.67 Å².